The first kappa shape index (κ1) is 15.1. The topological polar surface area (TPSA) is 12.9 Å². The third-order valence-electron chi connectivity index (χ3n) is 6.60. The fourth-order valence-electron chi connectivity index (χ4n) is 5.53. The maximum atomic E-state index is 5.02. The van der Waals surface area contributed by atoms with Gasteiger partial charge in [0.1, 0.15) is 0 Å². The Hall–Kier alpha value is -2.15. The van der Waals surface area contributed by atoms with E-state index in [1.54, 1.807) is 0 Å². The van der Waals surface area contributed by atoms with E-state index in [2.05, 4.69) is 62.5 Å². The minimum Gasteiger partial charge on any atom is -0.255 e. The molecular formula is C24H25N. The Morgan fingerprint density at radius 1 is 0.920 bits per heavy atom. The Morgan fingerprint density at radius 3 is 2.24 bits per heavy atom. The fraction of sp³-hybridized carbons (Fsp3) is 0.375. The lowest BCUT2D eigenvalue weighted by Crippen LogP contribution is -2.20. The van der Waals surface area contributed by atoms with Gasteiger partial charge in [-0.3, -0.25) is 4.98 Å². The molecule has 0 saturated heterocycles. The maximum Gasteiger partial charge on any atom is 0.0780 e. The monoisotopic (exact) mass is 327 g/mol. The van der Waals surface area contributed by atoms with Crippen molar-refractivity contribution < 1.29 is 0 Å². The molecule has 0 aliphatic heterocycles. The molecule has 2 fully saturated rings. The Labute approximate surface area is 150 Å². The van der Waals surface area contributed by atoms with Crippen molar-refractivity contribution in [1.82, 2.24) is 4.98 Å². The standard InChI is InChI=1S/C24H25N/c1-16-11-17(2)13-19(12-16)23-21-6-4-3-5-20(21)22(15-25-23)24-9-7-18(14-24)8-10-24/h3-6,11-13,15,18H,7-10,14H2,1-2H3. The van der Waals surface area contributed by atoms with Crippen molar-refractivity contribution >= 4 is 10.8 Å². The number of rotatable bonds is 2. The van der Waals surface area contributed by atoms with Crippen LogP contribution in [-0.4, -0.2) is 4.98 Å². The number of aryl methyl sites for hydroxylation is 2. The summed E-state index contributed by atoms with van der Waals surface area (Å²) in [5.41, 5.74) is 6.90. The number of pyridine rings is 1. The molecule has 1 aromatic heterocycles. The number of nitrogens with zero attached hydrogens (tertiary/aromatic N) is 1. The predicted octanol–water partition coefficient (Wildman–Crippen LogP) is 6.35. The molecule has 0 amide bonds. The Bertz CT molecular complexity index is 941. The summed E-state index contributed by atoms with van der Waals surface area (Å²) in [6, 6.07) is 15.7. The van der Waals surface area contributed by atoms with Gasteiger partial charge < -0.3 is 0 Å². The lowest BCUT2D eigenvalue weighted by atomic mass is 9.76. The smallest absolute Gasteiger partial charge is 0.0780 e. The van der Waals surface area contributed by atoms with Gasteiger partial charge in [0, 0.05) is 17.1 Å². The molecule has 126 valence electrons. The molecule has 0 N–H and O–H groups in total. The number of benzene rings is 2. The molecule has 1 heteroatoms. The van der Waals surface area contributed by atoms with E-state index in [9.17, 15) is 0 Å². The van der Waals surface area contributed by atoms with Crippen LogP contribution >= 0.6 is 0 Å². The minimum atomic E-state index is 0.401. The average molecular weight is 327 g/mol. The van der Waals surface area contributed by atoms with E-state index < -0.39 is 0 Å². The highest BCUT2D eigenvalue weighted by molar-refractivity contribution is 5.97. The summed E-state index contributed by atoms with van der Waals surface area (Å²) in [6.07, 6.45) is 9.11. The van der Waals surface area contributed by atoms with Crippen LogP contribution in [0.25, 0.3) is 22.0 Å². The van der Waals surface area contributed by atoms with Gasteiger partial charge >= 0.3 is 0 Å². The van der Waals surface area contributed by atoms with E-state index in [4.69, 9.17) is 4.98 Å². The van der Waals surface area contributed by atoms with Crippen LogP contribution in [0.4, 0.5) is 0 Å². The van der Waals surface area contributed by atoms with Crippen molar-refractivity contribution in [2.24, 2.45) is 5.92 Å². The summed E-state index contributed by atoms with van der Waals surface area (Å²) < 4.78 is 0. The first-order valence-electron chi connectivity index (χ1n) is 9.62. The van der Waals surface area contributed by atoms with Gasteiger partial charge in [-0.25, -0.2) is 0 Å². The average Bonchev–Trinajstić information content (AvgIpc) is 3.22. The van der Waals surface area contributed by atoms with Crippen molar-refractivity contribution in [2.75, 3.05) is 0 Å². The molecule has 3 aromatic rings. The second-order valence-corrected chi connectivity index (χ2v) is 8.37. The molecule has 25 heavy (non-hydrogen) atoms. The van der Waals surface area contributed by atoms with E-state index in [0.29, 0.717) is 5.41 Å². The van der Waals surface area contributed by atoms with Crippen molar-refractivity contribution in [3.05, 3.63) is 65.4 Å². The van der Waals surface area contributed by atoms with E-state index in [1.165, 1.54) is 65.1 Å². The third-order valence-corrected chi connectivity index (χ3v) is 6.60. The molecule has 2 aliphatic rings. The van der Waals surface area contributed by atoms with Crippen molar-refractivity contribution in [2.45, 2.75) is 51.4 Å². The second kappa shape index (κ2) is 5.42. The summed E-state index contributed by atoms with van der Waals surface area (Å²) in [6.45, 7) is 4.34. The van der Waals surface area contributed by atoms with Gasteiger partial charge in [-0.1, -0.05) is 41.5 Å². The summed E-state index contributed by atoms with van der Waals surface area (Å²) in [7, 11) is 0. The molecule has 5 rings (SSSR count). The molecule has 0 radical (unpaired) electrons. The van der Waals surface area contributed by atoms with Crippen molar-refractivity contribution in [3.8, 4) is 11.3 Å². The molecule has 1 heterocycles. The van der Waals surface area contributed by atoms with Crippen molar-refractivity contribution in [1.29, 1.82) is 0 Å². The zero-order valence-electron chi connectivity index (χ0n) is 15.2. The minimum absolute atomic E-state index is 0.401. The largest absolute Gasteiger partial charge is 0.255 e. The summed E-state index contributed by atoms with van der Waals surface area (Å²) in [5, 5.41) is 2.74. The number of hydrogen-bond acceptors (Lipinski definition) is 1. The number of aromatic nitrogens is 1. The van der Waals surface area contributed by atoms with Crippen LogP contribution in [0.5, 0.6) is 0 Å². The molecule has 2 bridgehead atoms. The number of fused-ring (bicyclic) bond motifs is 3. The van der Waals surface area contributed by atoms with Crippen LogP contribution in [-0.2, 0) is 5.41 Å². The first-order chi connectivity index (χ1) is 12.1. The maximum absolute atomic E-state index is 5.02. The third kappa shape index (κ3) is 2.33. The van der Waals surface area contributed by atoms with E-state index >= 15 is 0 Å². The molecule has 0 unspecified atom stereocenters. The van der Waals surface area contributed by atoms with Crippen molar-refractivity contribution in [3.63, 3.8) is 0 Å². The Balaban J connectivity index is 1.74. The molecule has 2 aliphatic carbocycles. The molecule has 0 atom stereocenters. The lowest BCUT2D eigenvalue weighted by Gasteiger charge is -2.28. The highest BCUT2D eigenvalue weighted by Crippen LogP contribution is 2.56. The van der Waals surface area contributed by atoms with Gasteiger partial charge in [0.05, 0.1) is 5.69 Å². The summed E-state index contributed by atoms with van der Waals surface area (Å²) in [5.74, 6) is 0.956. The second-order valence-electron chi connectivity index (χ2n) is 8.37. The quantitative estimate of drug-likeness (QED) is 0.534. The number of hydrogen-bond donors (Lipinski definition) is 0. The zero-order chi connectivity index (χ0) is 17.0. The van der Waals surface area contributed by atoms with E-state index in [0.717, 1.165) is 11.6 Å². The van der Waals surface area contributed by atoms with E-state index in [1.807, 2.05) is 0 Å². The van der Waals surface area contributed by atoms with E-state index in [-0.39, 0.29) is 0 Å². The Morgan fingerprint density at radius 2 is 1.60 bits per heavy atom. The highest BCUT2D eigenvalue weighted by Gasteiger charge is 2.46. The SMILES string of the molecule is Cc1cc(C)cc(-c2ncc(C34CCC(CC3)C4)c3ccccc23)c1. The van der Waals surface area contributed by atoms with Crippen LogP contribution < -0.4 is 0 Å². The van der Waals surface area contributed by atoms with Gasteiger partial charge in [-0.05, 0) is 80.4 Å². The van der Waals surface area contributed by atoms with Crippen LogP contribution in [0.3, 0.4) is 0 Å². The highest BCUT2D eigenvalue weighted by atomic mass is 14.7. The lowest BCUT2D eigenvalue weighted by molar-refractivity contribution is 0.421. The zero-order valence-corrected chi connectivity index (χ0v) is 15.2. The fourth-order valence-corrected chi connectivity index (χ4v) is 5.53. The molecular weight excluding hydrogens is 302 g/mol. The van der Waals surface area contributed by atoms with Gasteiger partial charge in [0.2, 0.25) is 0 Å². The van der Waals surface area contributed by atoms with Gasteiger partial charge in [-0.15, -0.1) is 0 Å². The predicted molar refractivity (Wildman–Crippen MR) is 105 cm³/mol. The Kier molecular flexibility index (Phi) is 3.28. The van der Waals surface area contributed by atoms with Crippen LogP contribution in [0.15, 0.2) is 48.7 Å². The molecule has 0 spiro atoms. The molecule has 2 saturated carbocycles. The van der Waals surface area contributed by atoms with Gasteiger partial charge in [0.15, 0.2) is 0 Å². The van der Waals surface area contributed by atoms with Gasteiger partial charge in [0.25, 0.3) is 0 Å². The van der Waals surface area contributed by atoms with Gasteiger partial charge in [-0.2, -0.15) is 0 Å². The van der Waals surface area contributed by atoms with Crippen LogP contribution in [0.2, 0.25) is 0 Å². The molecule has 1 nitrogen and oxygen atoms in total. The summed E-state index contributed by atoms with van der Waals surface area (Å²) in [4.78, 5) is 5.02. The first-order valence-corrected chi connectivity index (χ1v) is 9.62. The van der Waals surface area contributed by atoms with Crippen LogP contribution in [0, 0.1) is 19.8 Å². The van der Waals surface area contributed by atoms with Crippen LogP contribution in [0.1, 0.15) is 48.8 Å². The normalized spacial score (nSPS) is 25.0. The summed E-state index contributed by atoms with van der Waals surface area (Å²) >= 11 is 0. The molecule has 2 aromatic carbocycles.